The van der Waals surface area contributed by atoms with E-state index in [9.17, 15) is 14.4 Å². The topological polar surface area (TPSA) is 143 Å². The summed E-state index contributed by atoms with van der Waals surface area (Å²) in [7, 11) is 0. The molecule has 34 heavy (non-hydrogen) atoms. The number of ketones is 1. The van der Waals surface area contributed by atoms with Gasteiger partial charge < -0.3 is 25.2 Å². The second kappa shape index (κ2) is 9.54. The molecule has 0 atom stereocenters. The third-order valence-corrected chi connectivity index (χ3v) is 5.50. The zero-order valence-corrected chi connectivity index (χ0v) is 19.7. The van der Waals surface area contributed by atoms with Gasteiger partial charge in [0, 0.05) is 23.2 Å². The van der Waals surface area contributed by atoms with Gasteiger partial charge in [-0.15, -0.1) is 0 Å². The first-order valence-electron chi connectivity index (χ1n) is 10.9. The van der Waals surface area contributed by atoms with Gasteiger partial charge in [0.25, 0.3) is 5.91 Å². The van der Waals surface area contributed by atoms with Gasteiger partial charge in [-0.3, -0.25) is 15.0 Å². The van der Waals surface area contributed by atoms with E-state index in [0.29, 0.717) is 41.3 Å². The number of rotatable bonds is 9. The number of carboxylic acids is 1. The van der Waals surface area contributed by atoms with Gasteiger partial charge in [-0.1, -0.05) is 20.8 Å². The summed E-state index contributed by atoms with van der Waals surface area (Å²) in [5.74, 6) is -1.02. The number of carbonyl (C=O) groups is 3. The van der Waals surface area contributed by atoms with Gasteiger partial charge in [0.2, 0.25) is 0 Å². The highest BCUT2D eigenvalue weighted by Crippen LogP contribution is 2.33. The lowest BCUT2D eigenvalue weighted by atomic mass is 9.85. The first-order chi connectivity index (χ1) is 15.9. The zero-order valence-electron chi connectivity index (χ0n) is 19.7. The van der Waals surface area contributed by atoms with E-state index in [1.54, 1.807) is 42.2 Å². The predicted molar refractivity (Wildman–Crippen MR) is 126 cm³/mol. The number of nitrogens with zero attached hydrogens (tertiary/aromatic N) is 1. The number of hydrogen-bond donors (Lipinski definition) is 3. The highest BCUT2D eigenvalue weighted by molar-refractivity contribution is 6.07. The van der Waals surface area contributed by atoms with E-state index >= 15 is 0 Å². The first-order valence-corrected chi connectivity index (χ1v) is 10.9. The lowest BCUT2D eigenvalue weighted by Crippen LogP contribution is -2.30. The number of fused-ring (bicyclic) bond motifs is 1. The molecule has 0 aliphatic carbocycles. The van der Waals surface area contributed by atoms with E-state index in [2.05, 4.69) is 0 Å². The molecular formula is C25H29N3O6. The summed E-state index contributed by atoms with van der Waals surface area (Å²) < 4.78 is 10.9. The number of primary amides is 1. The molecule has 180 valence electrons. The van der Waals surface area contributed by atoms with Crippen LogP contribution in [0, 0.1) is 5.41 Å². The smallest absolute Gasteiger partial charge is 0.341 e. The first kappa shape index (κ1) is 24.8. The summed E-state index contributed by atoms with van der Waals surface area (Å²) in [5.41, 5.74) is 7.75. The van der Waals surface area contributed by atoms with Crippen LogP contribution in [-0.2, 0) is 16.8 Å². The molecular weight excluding hydrogens is 438 g/mol. The number of benzene rings is 2. The van der Waals surface area contributed by atoms with Gasteiger partial charge in [0.1, 0.15) is 17.3 Å². The number of ether oxygens (including phenoxy) is 2. The van der Waals surface area contributed by atoms with Crippen LogP contribution in [0.1, 0.15) is 65.1 Å². The average molecular weight is 468 g/mol. The molecule has 0 aromatic heterocycles. The van der Waals surface area contributed by atoms with Crippen molar-refractivity contribution in [2.75, 3.05) is 19.8 Å². The minimum atomic E-state index is -1.08. The molecule has 3 rings (SSSR count). The Morgan fingerprint density at radius 1 is 1.12 bits per heavy atom. The van der Waals surface area contributed by atoms with Crippen LogP contribution in [0.2, 0.25) is 0 Å². The standard InChI is InChI=1S/C25H29N3O6/c1-5-33-21-9-15-11-28(23(26)16(15)10-17(21)24(27)32)12-19(29)14-6-7-20(34-13-22(30)31)18(8-14)25(2,3)4/h6-10,26H,5,11-13H2,1-4H3,(H2,27,32)(H,30,31). The maximum absolute atomic E-state index is 13.1. The molecule has 0 radical (unpaired) electrons. The summed E-state index contributed by atoms with van der Waals surface area (Å²) in [5, 5.41) is 17.5. The van der Waals surface area contributed by atoms with Crippen molar-refractivity contribution in [3.63, 3.8) is 0 Å². The summed E-state index contributed by atoms with van der Waals surface area (Å²) in [6.45, 7) is 7.82. The van der Waals surface area contributed by atoms with Crippen LogP contribution in [0.25, 0.3) is 0 Å². The Kier molecular flexibility index (Phi) is 6.95. The molecule has 4 N–H and O–H groups in total. The molecule has 2 aromatic rings. The van der Waals surface area contributed by atoms with Crippen LogP contribution in [0.5, 0.6) is 11.5 Å². The fourth-order valence-corrected chi connectivity index (χ4v) is 3.85. The van der Waals surface area contributed by atoms with Gasteiger partial charge in [-0.05, 0) is 48.2 Å². The number of nitrogens with one attached hydrogen (secondary N) is 1. The molecule has 9 heteroatoms. The number of aliphatic carboxylic acids is 1. The van der Waals surface area contributed by atoms with E-state index in [1.807, 2.05) is 20.8 Å². The van der Waals surface area contributed by atoms with Crippen LogP contribution in [0.4, 0.5) is 0 Å². The Labute approximate surface area is 198 Å². The highest BCUT2D eigenvalue weighted by atomic mass is 16.5. The normalized spacial score (nSPS) is 12.9. The van der Waals surface area contributed by atoms with Crippen LogP contribution in [-0.4, -0.2) is 53.3 Å². The van der Waals surface area contributed by atoms with E-state index in [0.717, 1.165) is 5.56 Å². The van der Waals surface area contributed by atoms with Crippen LogP contribution in [0.3, 0.4) is 0 Å². The molecule has 1 amide bonds. The number of amidine groups is 1. The molecule has 0 saturated heterocycles. The number of Topliss-reactive ketones (excluding diaryl/α,β-unsaturated/α-hetero) is 1. The highest BCUT2D eigenvalue weighted by Gasteiger charge is 2.29. The Balaban J connectivity index is 1.84. The molecule has 0 bridgehead atoms. The van der Waals surface area contributed by atoms with Crippen molar-refractivity contribution in [2.24, 2.45) is 5.73 Å². The van der Waals surface area contributed by atoms with Crippen molar-refractivity contribution in [3.05, 3.63) is 58.1 Å². The predicted octanol–water partition coefficient (Wildman–Crippen LogP) is 2.97. The fourth-order valence-electron chi connectivity index (χ4n) is 3.85. The van der Waals surface area contributed by atoms with Crippen LogP contribution >= 0.6 is 0 Å². The number of carbonyl (C=O) groups excluding carboxylic acids is 2. The number of hydrogen-bond acceptors (Lipinski definition) is 6. The quantitative estimate of drug-likeness (QED) is 0.481. The lowest BCUT2D eigenvalue weighted by Gasteiger charge is -2.24. The second-order valence-corrected chi connectivity index (χ2v) is 9.07. The van der Waals surface area contributed by atoms with Gasteiger partial charge in [0.05, 0.1) is 18.7 Å². The average Bonchev–Trinajstić information content (AvgIpc) is 3.05. The molecule has 0 fully saturated rings. The molecule has 1 heterocycles. The molecule has 0 saturated carbocycles. The van der Waals surface area contributed by atoms with E-state index in [-0.39, 0.29) is 29.1 Å². The van der Waals surface area contributed by atoms with Gasteiger partial charge in [-0.25, -0.2) is 4.79 Å². The maximum Gasteiger partial charge on any atom is 0.341 e. The van der Waals surface area contributed by atoms with Gasteiger partial charge in [0.15, 0.2) is 12.4 Å². The van der Waals surface area contributed by atoms with E-state index < -0.39 is 18.5 Å². The molecule has 0 spiro atoms. The minimum Gasteiger partial charge on any atom is -0.493 e. The summed E-state index contributed by atoms with van der Waals surface area (Å²) in [6.07, 6.45) is 0. The van der Waals surface area contributed by atoms with Gasteiger partial charge >= 0.3 is 5.97 Å². The third kappa shape index (κ3) is 5.19. The number of carboxylic acid groups (broad SMARTS) is 1. The SMILES string of the molecule is CCOc1cc2c(cc1C(N)=O)C(=N)N(CC(=O)c1ccc(OCC(=O)O)c(C(C)(C)C)c1)C2. The minimum absolute atomic E-state index is 0.0394. The van der Waals surface area contributed by atoms with E-state index in [4.69, 9.17) is 25.7 Å². The number of nitrogens with two attached hydrogens (primary N) is 1. The molecule has 0 unspecified atom stereocenters. The monoisotopic (exact) mass is 467 g/mol. The van der Waals surface area contributed by atoms with Crippen LogP contribution < -0.4 is 15.2 Å². The Morgan fingerprint density at radius 2 is 1.82 bits per heavy atom. The molecule has 1 aliphatic rings. The van der Waals surface area contributed by atoms with Crippen molar-refractivity contribution in [1.82, 2.24) is 4.90 Å². The summed E-state index contributed by atoms with van der Waals surface area (Å²) in [4.78, 5) is 37.5. The van der Waals surface area contributed by atoms with Crippen molar-refractivity contribution < 1.29 is 29.0 Å². The van der Waals surface area contributed by atoms with Gasteiger partial charge in [-0.2, -0.15) is 0 Å². The Hall–Kier alpha value is -3.88. The summed E-state index contributed by atoms with van der Waals surface area (Å²) >= 11 is 0. The Morgan fingerprint density at radius 3 is 2.41 bits per heavy atom. The van der Waals surface area contributed by atoms with Crippen molar-refractivity contribution in [1.29, 1.82) is 5.41 Å². The maximum atomic E-state index is 13.1. The molecule has 9 nitrogen and oxygen atoms in total. The Bertz CT molecular complexity index is 1170. The zero-order chi connectivity index (χ0) is 25.2. The summed E-state index contributed by atoms with van der Waals surface area (Å²) in [6, 6.07) is 8.16. The van der Waals surface area contributed by atoms with Crippen molar-refractivity contribution >= 4 is 23.5 Å². The second-order valence-electron chi connectivity index (χ2n) is 9.07. The lowest BCUT2D eigenvalue weighted by molar-refractivity contribution is -0.139. The molecule has 1 aliphatic heterocycles. The number of amides is 1. The molecule has 2 aromatic carbocycles. The van der Waals surface area contributed by atoms with Crippen molar-refractivity contribution in [2.45, 2.75) is 39.7 Å². The fraction of sp³-hybridized carbons (Fsp3) is 0.360. The largest absolute Gasteiger partial charge is 0.493 e. The van der Waals surface area contributed by atoms with Crippen LogP contribution in [0.15, 0.2) is 30.3 Å². The van der Waals surface area contributed by atoms with E-state index in [1.165, 1.54) is 0 Å². The third-order valence-electron chi connectivity index (χ3n) is 5.50. The van der Waals surface area contributed by atoms with Crippen molar-refractivity contribution in [3.8, 4) is 11.5 Å².